The van der Waals surface area contributed by atoms with Gasteiger partial charge < -0.3 is 19.1 Å². The van der Waals surface area contributed by atoms with Crippen LogP contribution in [-0.4, -0.2) is 56.1 Å². The van der Waals surface area contributed by atoms with Crippen molar-refractivity contribution in [1.82, 2.24) is 4.57 Å². The van der Waals surface area contributed by atoms with E-state index >= 15 is 0 Å². The number of unbranched alkanes of at least 4 members (excludes halogenated alkanes) is 1. The predicted molar refractivity (Wildman–Crippen MR) is 115 cm³/mol. The van der Waals surface area contributed by atoms with Crippen LogP contribution >= 0.6 is 0 Å². The zero-order valence-electron chi connectivity index (χ0n) is 18.0. The standard InChI is InChI=1S/C23H30N2O5/c1-4-6-13-30-23(27)25-16-19(18-9-7-17(3)8-10-18)20(21(25)22(26)29-5-2)24-11-14-28-15-12-24/h7-10,16H,4-6,11-15H2,1-3H3. The highest BCUT2D eigenvalue weighted by Crippen LogP contribution is 2.37. The lowest BCUT2D eigenvalue weighted by atomic mass is 10.0. The van der Waals surface area contributed by atoms with Crippen molar-refractivity contribution in [1.29, 1.82) is 0 Å². The van der Waals surface area contributed by atoms with E-state index in [1.807, 2.05) is 38.1 Å². The van der Waals surface area contributed by atoms with E-state index in [9.17, 15) is 9.59 Å². The molecular weight excluding hydrogens is 384 g/mol. The number of carbonyl (C=O) groups excluding carboxylic acids is 2. The van der Waals surface area contributed by atoms with Crippen molar-refractivity contribution in [2.75, 3.05) is 44.4 Å². The molecule has 2 aromatic rings. The lowest BCUT2D eigenvalue weighted by Gasteiger charge is -2.30. The lowest BCUT2D eigenvalue weighted by molar-refractivity contribution is 0.0511. The Morgan fingerprint density at radius 3 is 2.40 bits per heavy atom. The zero-order chi connectivity index (χ0) is 21.5. The van der Waals surface area contributed by atoms with Crippen molar-refractivity contribution in [3.8, 4) is 11.1 Å². The van der Waals surface area contributed by atoms with Crippen LogP contribution < -0.4 is 4.90 Å². The highest BCUT2D eigenvalue weighted by Gasteiger charge is 2.31. The van der Waals surface area contributed by atoms with Crippen molar-refractivity contribution in [2.45, 2.75) is 33.6 Å². The van der Waals surface area contributed by atoms with Crippen LogP contribution in [-0.2, 0) is 14.2 Å². The Kier molecular flexibility index (Phi) is 7.52. The summed E-state index contributed by atoms with van der Waals surface area (Å²) < 4.78 is 17.5. The van der Waals surface area contributed by atoms with Gasteiger partial charge in [0, 0.05) is 24.8 Å². The van der Waals surface area contributed by atoms with E-state index in [1.54, 1.807) is 13.1 Å². The van der Waals surface area contributed by atoms with E-state index in [1.165, 1.54) is 4.57 Å². The molecule has 0 saturated carbocycles. The van der Waals surface area contributed by atoms with Gasteiger partial charge >= 0.3 is 12.1 Å². The Hall–Kier alpha value is -2.80. The van der Waals surface area contributed by atoms with Crippen LogP contribution in [0.1, 0.15) is 42.7 Å². The number of rotatable bonds is 7. The molecular formula is C23H30N2O5. The van der Waals surface area contributed by atoms with Gasteiger partial charge in [-0.2, -0.15) is 0 Å². The number of morpholine rings is 1. The first-order chi connectivity index (χ1) is 14.6. The second-order valence-electron chi connectivity index (χ2n) is 7.26. The molecule has 0 spiro atoms. The fourth-order valence-electron chi connectivity index (χ4n) is 3.46. The number of hydrogen-bond donors (Lipinski definition) is 0. The molecule has 1 aromatic heterocycles. The molecule has 0 N–H and O–H groups in total. The van der Waals surface area contributed by atoms with E-state index in [0.29, 0.717) is 38.6 Å². The van der Waals surface area contributed by atoms with Crippen LogP contribution in [0.15, 0.2) is 30.5 Å². The maximum atomic E-state index is 13.0. The molecule has 0 bridgehead atoms. The van der Waals surface area contributed by atoms with Gasteiger partial charge in [-0.25, -0.2) is 14.2 Å². The Morgan fingerprint density at radius 1 is 1.07 bits per heavy atom. The number of aryl methyl sites for hydroxylation is 1. The van der Waals surface area contributed by atoms with E-state index < -0.39 is 12.1 Å². The topological polar surface area (TPSA) is 70.0 Å². The second kappa shape index (κ2) is 10.3. The van der Waals surface area contributed by atoms with Gasteiger partial charge in [0.25, 0.3) is 0 Å². The molecule has 0 amide bonds. The zero-order valence-corrected chi connectivity index (χ0v) is 18.0. The first-order valence-corrected chi connectivity index (χ1v) is 10.6. The smallest absolute Gasteiger partial charge is 0.418 e. The van der Waals surface area contributed by atoms with Crippen LogP contribution in [0.3, 0.4) is 0 Å². The third kappa shape index (κ3) is 4.84. The summed E-state index contributed by atoms with van der Waals surface area (Å²) in [5.41, 5.74) is 3.75. The Bertz CT molecular complexity index is 866. The number of esters is 1. The molecule has 7 nitrogen and oxygen atoms in total. The molecule has 30 heavy (non-hydrogen) atoms. The van der Waals surface area contributed by atoms with E-state index in [2.05, 4.69) is 4.90 Å². The maximum Gasteiger partial charge on any atom is 0.418 e. The number of hydrogen-bond acceptors (Lipinski definition) is 6. The maximum absolute atomic E-state index is 13.0. The minimum absolute atomic E-state index is 0.204. The van der Waals surface area contributed by atoms with Crippen LogP contribution in [0.2, 0.25) is 0 Å². The summed E-state index contributed by atoms with van der Waals surface area (Å²) in [4.78, 5) is 27.9. The molecule has 0 atom stereocenters. The fourth-order valence-corrected chi connectivity index (χ4v) is 3.46. The highest BCUT2D eigenvalue weighted by atomic mass is 16.6. The van der Waals surface area contributed by atoms with Crippen LogP contribution in [0.25, 0.3) is 11.1 Å². The molecule has 7 heteroatoms. The summed E-state index contributed by atoms with van der Waals surface area (Å²) in [6, 6.07) is 8.02. The number of carbonyl (C=O) groups is 2. The minimum atomic E-state index is -0.570. The van der Waals surface area contributed by atoms with Crippen molar-refractivity contribution < 1.29 is 23.8 Å². The van der Waals surface area contributed by atoms with Crippen molar-refractivity contribution in [3.63, 3.8) is 0 Å². The van der Waals surface area contributed by atoms with Gasteiger partial charge in [0.05, 0.1) is 32.1 Å². The Morgan fingerprint density at radius 2 is 1.77 bits per heavy atom. The van der Waals surface area contributed by atoms with Crippen molar-refractivity contribution >= 4 is 17.7 Å². The summed E-state index contributed by atoms with van der Waals surface area (Å²) in [6.07, 6.45) is 2.80. The van der Waals surface area contributed by atoms with Crippen LogP contribution in [0, 0.1) is 6.92 Å². The van der Waals surface area contributed by atoms with Gasteiger partial charge in [0.2, 0.25) is 0 Å². The molecule has 0 aliphatic carbocycles. The third-order valence-corrected chi connectivity index (χ3v) is 5.06. The van der Waals surface area contributed by atoms with Gasteiger partial charge in [0.1, 0.15) is 0 Å². The fraction of sp³-hybridized carbons (Fsp3) is 0.478. The predicted octanol–water partition coefficient (Wildman–Crippen LogP) is 4.26. The molecule has 1 aliphatic heterocycles. The third-order valence-electron chi connectivity index (χ3n) is 5.06. The van der Waals surface area contributed by atoms with Gasteiger partial charge in [-0.3, -0.25) is 0 Å². The number of nitrogens with zero attached hydrogens (tertiary/aromatic N) is 2. The summed E-state index contributed by atoms with van der Waals surface area (Å²) in [5, 5.41) is 0. The summed E-state index contributed by atoms with van der Waals surface area (Å²) in [7, 11) is 0. The SMILES string of the molecule is CCCCOC(=O)n1cc(-c2ccc(C)cc2)c(N2CCOCC2)c1C(=O)OCC. The monoisotopic (exact) mass is 414 g/mol. The average Bonchev–Trinajstić information content (AvgIpc) is 3.16. The molecule has 162 valence electrons. The Balaban J connectivity index is 2.13. The molecule has 1 fully saturated rings. The molecule has 1 aromatic carbocycles. The van der Waals surface area contributed by atoms with Crippen LogP contribution in [0.4, 0.5) is 10.5 Å². The number of ether oxygens (including phenoxy) is 3. The van der Waals surface area contributed by atoms with E-state index in [4.69, 9.17) is 14.2 Å². The molecule has 0 unspecified atom stereocenters. The van der Waals surface area contributed by atoms with Gasteiger partial charge in [-0.1, -0.05) is 43.2 Å². The van der Waals surface area contributed by atoms with Gasteiger partial charge in [0.15, 0.2) is 5.69 Å². The van der Waals surface area contributed by atoms with Crippen LogP contribution in [0.5, 0.6) is 0 Å². The number of anilines is 1. The summed E-state index contributed by atoms with van der Waals surface area (Å²) >= 11 is 0. The van der Waals surface area contributed by atoms with Crippen molar-refractivity contribution in [3.05, 3.63) is 41.7 Å². The largest absolute Gasteiger partial charge is 0.461 e. The average molecular weight is 415 g/mol. The quantitative estimate of drug-likeness (QED) is 0.498. The van der Waals surface area contributed by atoms with E-state index in [0.717, 1.165) is 29.5 Å². The van der Waals surface area contributed by atoms with Gasteiger partial charge in [-0.15, -0.1) is 0 Å². The number of aromatic nitrogens is 1. The highest BCUT2D eigenvalue weighted by molar-refractivity contribution is 6.03. The summed E-state index contributed by atoms with van der Waals surface area (Å²) in [6.45, 7) is 8.69. The molecule has 2 heterocycles. The normalized spacial score (nSPS) is 13.9. The van der Waals surface area contributed by atoms with Crippen molar-refractivity contribution in [2.24, 2.45) is 0 Å². The first-order valence-electron chi connectivity index (χ1n) is 10.6. The van der Waals surface area contributed by atoms with Gasteiger partial charge in [-0.05, 0) is 25.8 Å². The number of benzene rings is 1. The molecule has 3 rings (SSSR count). The molecule has 1 saturated heterocycles. The lowest BCUT2D eigenvalue weighted by Crippen LogP contribution is -2.37. The Labute approximate surface area is 177 Å². The first kappa shape index (κ1) is 21.9. The minimum Gasteiger partial charge on any atom is -0.461 e. The molecule has 1 aliphatic rings. The second-order valence-corrected chi connectivity index (χ2v) is 7.26. The molecule has 0 radical (unpaired) electrons. The summed E-state index contributed by atoms with van der Waals surface area (Å²) in [5.74, 6) is -0.537. The van der Waals surface area contributed by atoms with E-state index in [-0.39, 0.29) is 12.3 Å².